The van der Waals surface area contributed by atoms with Gasteiger partial charge in [0, 0.05) is 5.56 Å². The second kappa shape index (κ2) is 8.98. The zero-order chi connectivity index (χ0) is 19.1. The van der Waals surface area contributed by atoms with E-state index in [9.17, 15) is 14.4 Å². The fourth-order valence-corrected chi connectivity index (χ4v) is 3.18. The molecule has 6 nitrogen and oxygen atoms in total. The molecule has 2 amide bonds. The molecule has 2 aromatic carbocycles. The Labute approximate surface area is 157 Å². The number of hydrogen-bond acceptors (Lipinski definition) is 4. The summed E-state index contributed by atoms with van der Waals surface area (Å²) in [5.74, 6) is -1.37. The van der Waals surface area contributed by atoms with Crippen LogP contribution in [0.4, 0.5) is 0 Å². The Kier molecular flexibility index (Phi) is 6.20. The van der Waals surface area contributed by atoms with Gasteiger partial charge in [0.1, 0.15) is 6.54 Å². The van der Waals surface area contributed by atoms with E-state index >= 15 is 0 Å². The number of rotatable bonds is 6. The van der Waals surface area contributed by atoms with E-state index in [1.165, 1.54) is 5.56 Å². The summed E-state index contributed by atoms with van der Waals surface area (Å²) in [5, 5.41) is 5.39. The zero-order valence-electron chi connectivity index (χ0n) is 14.9. The van der Waals surface area contributed by atoms with Crippen LogP contribution >= 0.6 is 0 Å². The van der Waals surface area contributed by atoms with E-state index in [-0.39, 0.29) is 31.0 Å². The van der Waals surface area contributed by atoms with Crippen molar-refractivity contribution in [2.75, 3.05) is 13.2 Å². The molecule has 0 fully saturated rings. The molecule has 1 unspecified atom stereocenters. The number of hydrogen-bond donors (Lipinski definition) is 2. The summed E-state index contributed by atoms with van der Waals surface area (Å²) in [6, 6.07) is 16.6. The smallest absolute Gasteiger partial charge is 0.325 e. The molecule has 0 radical (unpaired) electrons. The van der Waals surface area contributed by atoms with Crippen LogP contribution in [0.15, 0.2) is 54.6 Å². The Morgan fingerprint density at radius 3 is 2.56 bits per heavy atom. The maximum Gasteiger partial charge on any atom is 0.325 e. The van der Waals surface area contributed by atoms with Crippen LogP contribution in [0.25, 0.3) is 0 Å². The number of carbonyl (C=O) groups is 3. The Balaban J connectivity index is 1.42. The SMILES string of the molecule is O=C(COC(=O)CNC(=O)c1ccccc1)NC1CCCc2ccccc21. The van der Waals surface area contributed by atoms with E-state index in [2.05, 4.69) is 16.7 Å². The van der Waals surface area contributed by atoms with Gasteiger partial charge in [0.05, 0.1) is 6.04 Å². The van der Waals surface area contributed by atoms with Crippen molar-refractivity contribution in [2.45, 2.75) is 25.3 Å². The Hall–Kier alpha value is -3.15. The van der Waals surface area contributed by atoms with Crippen LogP contribution in [-0.4, -0.2) is 30.9 Å². The number of amides is 2. The van der Waals surface area contributed by atoms with Gasteiger partial charge in [-0.25, -0.2) is 0 Å². The Bertz CT molecular complexity index is 820. The first kappa shape index (κ1) is 18.6. The van der Waals surface area contributed by atoms with Crippen LogP contribution in [0.2, 0.25) is 0 Å². The summed E-state index contributed by atoms with van der Waals surface area (Å²) in [6.45, 7) is -0.647. The van der Waals surface area contributed by atoms with Gasteiger partial charge < -0.3 is 15.4 Å². The van der Waals surface area contributed by atoms with Gasteiger partial charge in [-0.1, -0.05) is 42.5 Å². The van der Waals surface area contributed by atoms with E-state index in [1.807, 2.05) is 18.2 Å². The van der Waals surface area contributed by atoms with E-state index in [1.54, 1.807) is 30.3 Å². The molecule has 0 bridgehead atoms. The monoisotopic (exact) mass is 366 g/mol. The van der Waals surface area contributed by atoms with Crippen molar-refractivity contribution >= 4 is 17.8 Å². The number of fused-ring (bicyclic) bond motifs is 1. The second-order valence-electron chi connectivity index (χ2n) is 6.42. The van der Waals surface area contributed by atoms with E-state index in [0.717, 1.165) is 24.8 Å². The average molecular weight is 366 g/mol. The van der Waals surface area contributed by atoms with Crippen LogP contribution in [0.5, 0.6) is 0 Å². The summed E-state index contributed by atoms with van der Waals surface area (Å²) in [6.07, 6.45) is 2.88. The van der Waals surface area contributed by atoms with Gasteiger partial charge in [0.15, 0.2) is 6.61 Å². The first-order valence-electron chi connectivity index (χ1n) is 8.99. The number of nitrogens with one attached hydrogen (secondary N) is 2. The van der Waals surface area contributed by atoms with Gasteiger partial charge in [-0.3, -0.25) is 14.4 Å². The summed E-state index contributed by atoms with van der Waals surface area (Å²) < 4.78 is 4.95. The molecular formula is C21H22N2O4. The van der Waals surface area contributed by atoms with Crippen molar-refractivity contribution < 1.29 is 19.1 Å². The third-order valence-corrected chi connectivity index (χ3v) is 4.50. The number of aryl methyl sites for hydroxylation is 1. The number of esters is 1. The van der Waals surface area contributed by atoms with Crippen molar-refractivity contribution in [3.05, 3.63) is 71.3 Å². The van der Waals surface area contributed by atoms with Crippen LogP contribution in [0.3, 0.4) is 0 Å². The summed E-state index contributed by atoms with van der Waals surface area (Å²) >= 11 is 0. The molecule has 27 heavy (non-hydrogen) atoms. The fourth-order valence-electron chi connectivity index (χ4n) is 3.18. The molecule has 6 heteroatoms. The average Bonchev–Trinajstić information content (AvgIpc) is 2.71. The molecule has 1 aliphatic carbocycles. The summed E-state index contributed by atoms with van der Waals surface area (Å²) in [4.78, 5) is 35.7. The highest BCUT2D eigenvalue weighted by atomic mass is 16.5. The number of benzene rings is 2. The zero-order valence-corrected chi connectivity index (χ0v) is 14.9. The minimum atomic E-state index is -0.654. The highest BCUT2D eigenvalue weighted by Gasteiger charge is 2.21. The highest BCUT2D eigenvalue weighted by molar-refractivity contribution is 5.96. The van der Waals surface area contributed by atoms with Crippen molar-refractivity contribution in [1.82, 2.24) is 10.6 Å². The van der Waals surface area contributed by atoms with Gasteiger partial charge in [-0.15, -0.1) is 0 Å². The molecule has 1 atom stereocenters. The first-order valence-corrected chi connectivity index (χ1v) is 8.99. The van der Waals surface area contributed by atoms with Crippen molar-refractivity contribution in [2.24, 2.45) is 0 Å². The van der Waals surface area contributed by atoms with Gasteiger partial charge in [-0.05, 0) is 42.5 Å². The molecule has 2 N–H and O–H groups in total. The lowest BCUT2D eigenvalue weighted by molar-refractivity contribution is -0.147. The van der Waals surface area contributed by atoms with Gasteiger partial charge >= 0.3 is 5.97 Å². The van der Waals surface area contributed by atoms with Crippen LogP contribution in [0, 0.1) is 0 Å². The van der Waals surface area contributed by atoms with Gasteiger partial charge in [0.2, 0.25) is 0 Å². The van der Waals surface area contributed by atoms with Crippen molar-refractivity contribution in [3.63, 3.8) is 0 Å². The molecule has 2 aromatic rings. The highest BCUT2D eigenvalue weighted by Crippen LogP contribution is 2.29. The maximum atomic E-state index is 12.1. The number of ether oxygens (including phenoxy) is 1. The lowest BCUT2D eigenvalue weighted by Crippen LogP contribution is -2.36. The van der Waals surface area contributed by atoms with E-state index in [0.29, 0.717) is 5.56 Å². The first-order chi connectivity index (χ1) is 13.1. The van der Waals surface area contributed by atoms with E-state index in [4.69, 9.17) is 4.74 Å². The summed E-state index contributed by atoms with van der Waals surface area (Å²) in [5.41, 5.74) is 2.83. The molecule has 0 aliphatic heterocycles. The standard InChI is InChI=1S/C21H22N2O4/c24-19(23-18-12-6-10-15-7-4-5-11-17(15)18)14-27-20(25)13-22-21(26)16-8-2-1-3-9-16/h1-5,7-9,11,18H,6,10,12-14H2,(H,22,26)(H,23,24). The van der Waals surface area contributed by atoms with E-state index < -0.39 is 5.97 Å². The lowest BCUT2D eigenvalue weighted by atomic mass is 9.88. The molecule has 140 valence electrons. The van der Waals surface area contributed by atoms with Gasteiger partial charge in [-0.2, -0.15) is 0 Å². The molecule has 0 saturated heterocycles. The third kappa shape index (κ3) is 5.17. The predicted octanol–water partition coefficient (Wildman–Crippen LogP) is 2.15. The third-order valence-electron chi connectivity index (χ3n) is 4.50. The van der Waals surface area contributed by atoms with Crippen LogP contribution < -0.4 is 10.6 Å². The normalized spacial score (nSPS) is 15.3. The van der Waals surface area contributed by atoms with Crippen LogP contribution in [0.1, 0.15) is 40.4 Å². The minimum absolute atomic E-state index is 0.0565. The molecule has 3 rings (SSSR count). The van der Waals surface area contributed by atoms with Crippen molar-refractivity contribution in [1.29, 1.82) is 0 Å². The topological polar surface area (TPSA) is 84.5 Å². The second-order valence-corrected chi connectivity index (χ2v) is 6.42. The van der Waals surface area contributed by atoms with Crippen molar-refractivity contribution in [3.8, 4) is 0 Å². The maximum absolute atomic E-state index is 12.1. The molecular weight excluding hydrogens is 344 g/mol. The van der Waals surface area contributed by atoms with Crippen LogP contribution in [-0.2, 0) is 20.7 Å². The summed E-state index contributed by atoms with van der Waals surface area (Å²) in [7, 11) is 0. The predicted molar refractivity (Wildman–Crippen MR) is 100.0 cm³/mol. The molecule has 1 aliphatic rings. The Morgan fingerprint density at radius 1 is 1.00 bits per heavy atom. The molecule has 0 spiro atoms. The largest absolute Gasteiger partial charge is 0.454 e. The fraction of sp³-hybridized carbons (Fsp3) is 0.286. The molecule has 0 aromatic heterocycles. The quantitative estimate of drug-likeness (QED) is 0.768. The minimum Gasteiger partial charge on any atom is -0.454 e. The molecule has 0 heterocycles. The lowest BCUT2D eigenvalue weighted by Gasteiger charge is -2.26. The molecule has 0 saturated carbocycles. The Morgan fingerprint density at radius 2 is 1.74 bits per heavy atom. The number of carbonyl (C=O) groups excluding carboxylic acids is 3. The van der Waals surface area contributed by atoms with Gasteiger partial charge in [0.25, 0.3) is 11.8 Å².